The Kier molecular flexibility index (Phi) is 12.3. The van der Waals surface area contributed by atoms with Crippen LogP contribution in [0, 0.1) is 10.1 Å². The van der Waals surface area contributed by atoms with Crippen LogP contribution in [0.2, 0.25) is 0 Å². The van der Waals surface area contributed by atoms with E-state index >= 15 is 0 Å². The minimum atomic E-state index is -3.88. The summed E-state index contributed by atoms with van der Waals surface area (Å²) in [6.45, 7) is 6.22. The number of amides is 1. The highest BCUT2D eigenvalue weighted by atomic mass is 127. The minimum Gasteiger partial charge on any atom is -0.444 e. The molecule has 4 N–H and O–H groups in total. The van der Waals surface area contributed by atoms with Crippen LogP contribution in [-0.4, -0.2) is 64.2 Å². The Morgan fingerprint density at radius 3 is 2.26 bits per heavy atom. The van der Waals surface area contributed by atoms with E-state index in [0.29, 0.717) is 19.0 Å². The second-order valence-corrected chi connectivity index (χ2v) is 8.77. The van der Waals surface area contributed by atoms with Crippen LogP contribution in [0.1, 0.15) is 20.8 Å². The van der Waals surface area contributed by atoms with Gasteiger partial charge in [0.2, 0.25) is 10.0 Å². The smallest absolute Gasteiger partial charge is 0.407 e. The van der Waals surface area contributed by atoms with Gasteiger partial charge in [-0.1, -0.05) is 6.07 Å². The lowest BCUT2D eigenvalue weighted by Gasteiger charge is -2.19. The van der Waals surface area contributed by atoms with Crippen molar-refractivity contribution in [2.75, 3.05) is 33.2 Å². The summed E-state index contributed by atoms with van der Waals surface area (Å²) in [4.78, 5) is 25.5. The quantitative estimate of drug-likeness (QED) is 0.0856. The van der Waals surface area contributed by atoms with Crippen molar-refractivity contribution in [3.63, 3.8) is 0 Å². The molecule has 0 spiro atoms. The summed E-state index contributed by atoms with van der Waals surface area (Å²) in [5.74, 6) is 0.413. The molecule has 0 heterocycles. The van der Waals surface area contributed by atoms with Crippen molar-refractivity contribution in [1.29, 1.82) is 0 Å². The molecule has 31 heavy (non-hydrogen) atoms. The summed E-state index contributed by atoms with van der Waals surface area (Å²) in [6, 6.07) is 4.80. The van der Waals surface area contributed by atoms with Crippen molar-refractivity contribution < 1.29 is 22.9 Å². The van der Waals surface area contributed by atoms with Crippen LogP contribution in [0.25, 0.3) is 0 Å². The van der Waals surface area contributed by atoms with Gasteiger partial charge in [0, 0.05) is 45.4 Å². The average molecular weight is 572 g/mol. The second kappa shape index (κ2) is 13.3. The van der Waals surface area contributed by atoms with Crippen LogP contribution in [0.5, 0.6) is 0 Å². The van der Waals surface area contributed by atoms with Gasteiger partial charge in [-0.15, -0.1) is 24.0 Å². The van der Waals surface area contributed by atoms with Crippen molar-refractivity contribution in [1.82, 2.24) is 20.7 Å². The van der Waals surface area contributed by atoms with Crippen molar-refractivity contribution in [2.45, 2.75) is 31.3 Å². The molecular formula is C17H29IN6O6S. The van der Waals surface area contributed by atoms with Crippen LogP contribution in [0.3, 0.4) is 0 Å². The Labute approximate surface area is 198 Å². The van der Waals surface area contributed by atoms with Crippen molar-refractivity contribution >= 4 is 51.7 Å². The Hall–Kier alpha value is -2.20. The number of nitro benzene ring substituents is 1. The molecule has 1 aromatic carbocycles. The summed E-state index contributed by atoms with van der Waals surface area (Å²) < 4.78 is 31.9. The van der Waals surface area contributed by atoms with E-state index in [2.05, 4.69) is 25.7 Å². The summed E-state index contributed by atoms with van der Waals surface area (Å²) in [5, 5.41) is 19.2. The molecule has 0 aliphatic heterocycles. The molecule has 0 atom stereocenters. The number of nitro groups is 1. The lowest BCUT2D eigenvalue weighted by atomic mass is 10.2. The first-order valence-corrected chi connectivity index (χ1v) is 10.6. The van der Waals surface area contributed by atoms with Gasteiger partial charge in [0.15, 0.2) is 5.96 Å². The van der Waals surface area contributed by atoms with E-state index in [9.17, 15) is 23.3 Å². The van der Waals surface area contributed by atoms with Crippen molar-refractivity contribution in [2.24, 2.45) is 4.99 Å². The highest BCUT2D eigenvalue weighted by molar-refractivity contribution is 14.0. The molecule has 1 amide bonds. The van der Waals surface area contributed by atoms with Gasteiger partial charge >= 0.3 is 6.09 Å². The molecule has 0 bridgehead atoms. The predicted octanol–water partition coefficient (Wildman–Crippen LogP) is 1.18. The number of aliphatic imine (C=N–C) groups is 1. The number of ether oxygens (including phenoxy) is 1. The third-order valence-electron chi connectivity index (χ3n) is 3.36. The number of hydrogen-bond acceptors (Lipinski definition) is 7. The fraction of sp³-hybridized carbons (Fsp3) is 0.529. The second-order valence-electron chi connectivity index (χ2n) is 7.01. The van der Waals surface area contributed by atoms with E-state index in [1.807, 2.05) is 0 Å². The molecule has 0 aromatic heterocycles. The highest BCUT2D eigenvalue weighted by Crippen LogP contribution is 2.16. The highest BCUT2D eigenvalue weighted by Gasteiger charge is 2.17. The number of carbonyl (C=O) groups excluding carboxylic acids is 1. The number of non-ortho nitro benzene ring substituents is 1. The zero-order valence-corrected chi connectivity index (χ0v) is 20.9. The van der Waals surface area contributed by atoms with E-state index in [1.165, 1.54) is 18.2 Å². The first-order chi connectivity index (χ1) is 13.9. The first kappa shape index (κ1) is 28.8. The molecular weight excluding hydrogens is 543 g/mol. The maximum absolute atomic E-state index is 12.2. The maximum atomic E-state index is 12.2. The lowest BCUT2D eigenvalue weighted by molar-refractivity contribution is -0.385. The number of guanidine groups is 1. The first-order valence-electron chi connectivity index (χ1n) is 9.10. The number of benzene rings is 1. The van der Waals surface area contributed by atoms with Crippen molar-refractivity contribution in [3.05, 3.63) is 34.4 Å². The number of alkyl carbamates (subject to hydrolysis) is 1. The molecule has 12 nitrogen and oxygen atoms in total. The summed E-state index contributed by atoms with van der Waals surface area (Å²) in [7, 11) is -2.34. The van der Waals surface area contributed by atoms with Gasteiger partial charge in [-0.3, -0.25) is 15.1 Å². The number of nitrogens with one attached hydrogen (secondary N) is 4. The SMILES string of the molecule is CN=C(NCCNC(=O)OC(C)(C)C)NCCNS(=O)(=O)c1cccc([N+](=O)[O-])c1.I. The number of hydrogen-bond donors (Lipinski definition) is 4. The minimum absolute atomic E-state index is 0. The zero-order valence-electron chi connectivity index (χ0n) is 17.8. The molecule has 0 unspecified atom stereocenters. The van der Waals surface area contributed by atoms with Crippen LogP contribution in [0.15, 0.2) is 34.2 Å². The van der Waals surface area contributed by atoms with E-state index in [-0.39, 0.29) is 47.6 Å². The molecule has 1 aromatic rings. The Morgan fingerprint density at radius 1 is 1.13 bits per heavy atom. The normalized spacial score (nSPS) is 11.8. The molecule has 14 heteroatoms. The molecule has 176 valence electrons. The largest absolute Gasteiger partial charge is 0.444 e. The van der Waals surface area contributed by atoms with Gasteiger partial charge in [0.25, 0.3) is 5.69 Å². The van der Waals surface area contributed by atoms with Gasteiger partial charge in [-0.2, -0.15) is 0 Å². The summed E-state index contributed by atoms with van der Waals surface area (Å²) in [6.07, 6.45) is -0.525. The molecule has 0 saturated heterocycles. The predicted molar refractivity (Wildman–Crippen MR) is 127 cm³/mol. The van der Waals surface area contributed by atoms with Gasteiger partial charge in [0.1, 0.15) is 5.60 Å². The molecule has 0 aliphatic rings. The van der Waals surface area contributed by atoms with Crippen LogP contribution in [0.4, 0.5) is 10.5 Å². The molecule has 0 aliphatic carbocycles. The third-order valence-corrected chi connectivity index (χ3v) is 4.82. The van der Waals surface area contributed by atoms with Gasteiger partial charge in [-0.25, -0.2) is 17.9 Å². The standard InChI is InChI=1S/C17H28N6O6S.HI/c1-17(2,3)29-16(24)21-9-8-19-15(18-4)20-10-11-22-30(27,28)14-7-5-6-13(12-14)23(25)26;/h5-7,12,22H,8-11H2,1-4H3,(H,21,24)(H2,18,19,20);1H. The molecule has 0 fully saturated rings. The average Bonchev–Trinajstić information content (AvgIpc) is 2.65. The summed E-state index contributed by atoms with van der Waals surface area (Å²) >= 11 is 0. The summed E-state index contributed by atoms with van der Waals surface area (Å²) in [5.41, 5.74) is -0.881. The van der Waals surface area contributed by atoms with Crippen molar-refractivity contribution in [3.8, 4) is 0 Å². The Bertz CT molecular complexity index is 872. The fourth-order valence-electron chi connectivity index (χ4n) is 2.09. The van der Waals surface area contributed by atoms with Crippen LogP contribution in [-0.2, 0) is 14.8 Å². The topological polar surface area (TPSA) is 164 Å². The number of nitrogens with zero attached hydrogens (tertiary/aromatic N) is 2. The molecule has 0 radical (unpaired) electrons. The lowest BCUT2D eigenvalue weighted by Crippen LogP contribution is -2.44. The monoisotopic (exact) mass is 572 g/mol. The Morgan fingerprint density at radius 2 is 1.71 bits per heavy atom. The van der Waals surface area contributed by atoms with Crippen LogP contribution >= 0.6 is 24.0 Å². The van der Waals surface area contributed by atoms with Crippen LogP contribution < -0.4 is 20.7 Å². The number of carbonyl (C=O) groups is 1. The molecule has 0 saturated carbocycles. The van der Waals surface area contributed by atoms with E-state index in [1.54, 1.807) is 27.8 Å². The van der Waals surface area contributed by atoms with E-state index in [4.69, 9.17) is 4.74 Å². The molecule has 1 rings (SSSR count). The number of rotatable bonds is 9. The zero-order chi connectivity index (χ0) is 22.8. The third kappa shape index (κ3) is 11.7. The van der Waals surface area contributed by atoms with Gasteiger partial charge < -0.3 is 20.7 Å². The van der Waals surface area contributed by atoms with Gasteiger partial charge in [-0.05, 0) is 26.8 Å². The van der Waals surface area contributed by atoms with Gasteiger partial charge in [0.05, 0.1) is 9.82 Å². The van der Waals surface area contributed by atoms with E-state index in [0.717, 1.165) is 6.07 Å². The number of halogens is 1. The Balaban J connectivity index is 0.00000900. The fourth-order valence-corrected chi connectivity index (χ4v) is 3.17. The maximum Gasteiger partial charge on any atom is 0.407 e. The van der Waals surface area contributed by atoms with E-state index < -0.39 is 26.6 Å². The number of sulfonamides is 1.